The van der Waals surface area contributed by atoms with E-state index in [1.54, 1.807) is 13.8 Å². The van der Waals surface area contributed by atoms with Crippen molar-refractivity contribution in [1.29, 1.82) is 0 Å². The van der Waals surface area contributed by atoms with Crippen molar-refractivity contribution in [1.82, 2.24) is 9.46 Å². The third-order valence-electron chi connectivity index (χ3n) is 5.93. The number of aromatic nitrogens is 1. The van der Waals surface area contributed by atoms with Crippen molar-refractivity contribution in [2.24, 2.45) is 5.92 Å². The third-order valence-corrected chi connectivity index (χ3v) is 8.04. The standard InChI is InChI=1S/C21H28N4O4S/c1-15-20(16(2)29-23-15)30(27,28)25-13-7-8-17(14-25)21(26)22-18-9-3-4-10-19(18)24-11-5-6-12-24/h3-4,9-10,17H,5-8,11-14H2,1-2H3,(H,22,26)/t17-/m0/s1. The average molecular weight is 433 g/mol. The summed E-state index contributed by atoms with van der Waals surface area (Å²) in [6.45, 7) is 5.73. The van der Waals surface area contributed by atoms with Gasteiger partial charge in [0, 0.05) is 26.2 Å². The normalized spacial score (nSPS) is 20.5. The van der Waals surface area contributed by atoms with Crippen LogP contribution >= 0.6 is 0 Å². The zero-order valence-electron chi connectivity index (χ0n) is 17.4. The Labute approximate surface area is 177 Å². The number of carbonyl (C=O) groups is 1. The first-order chi connectivity index (χ1) is 14.4. The number of rotatable bonds is 5. The molecule has 0 radical (unpaired) electrons. The van der Waals surface area contributed by atoms with Gasteiger partial charge in [-0.05, 0) is 51.7 Å². The van der Waals surface area contributed by atoms with Gasteiger partial charge in [0.2, 0.25) is 15.9 Å². The van der Waals surface area contributed by atoms with Crippen LogP contribution in [-0.4, -0.2) is 50.0 Å². The van der Waals surface area contributed by atoms with E-state index in [1.807, 2.05) is 24.3 Å². The van der Waals surface area contributed by atoms with Gasteiger partial charge in [-0.1, -0.05) is 17.3 Å². The summed E-state index contributed by atoms with van der Waals surface area (Å²) in [5.41, 5.74) is 2.16. The molecule has 4 rings (SSSR count). The number of hydrogen-bond acceptors (Lipinski definition) is 6. The number of nitrogens with zero attached hydrogens (tertiary/aromatic N) is 3. The van der Waals surface area contributed by atoms with Crippen LogP contribution < -0.4 is 10.2 Å². The molecule has 30 heavy (non-hydrogen) atoms. The zero-order chi connectivity index (χ0) is 21.3. The molecule has 8 nitrogen and oxygen atoms in total. The lowest BCUT2D eigenvalue weighted by atomic mass is 9.98. The number of piperidine rings is 1. The molecular weight excluding hydrogens is 404 g/mol. The molecule has 1 aromatic carbocycles. The molecule has 0 saturated carbocycles. The fourth-order valence-electron chi connectivity index (χ4n) is 4.39. The number of carbonyl (C=O) groups excluding carboxylic acids is 1. The second-order valence-electron chi connectivity index (χ2n) is 8.06. The van der Waals surface area contributed by atoms with Gasteiger partial charge in [0.15, 0.2) is 5.76 Å². The fourth-order valence-corrected chi connectivity index (χ4v) is 6.21. The molecule has 0 unspecified atom stereocenters. The number of benzene rings is 1. The van der Waals surface area contributed by atoms with Crippen molar-refractivity contribution in [3.63, 3.8) is 0 Å². The summed E-state index contributed by atoms with van der Waals surface area (Å²) in [4.78, 5) is 15.4. The number of hydrogen-bond donors (Lipinski definition) is 1. The maximum atomic E-state index is 13.1. The van der Waals surface area contributed by atoms with E-state index < -0.39 is 15.9 Å². The minimum Gasteiger partial charge on any atom is -0.370 e. The second kappa shape index (κ2) is 8.39. The SMILES string of the molecule is Cc1noc(C)c1S(=O)(=O)N1CCC[C@H](C(=O)Nc2ccccc2N2CCCC2)C1. The van der Waals surface area contributed by atoms with E-state index in [-0.39, 0.29) is 23.1 Å². The molecule has 1 aromatic heterocycles. The Kier molecular flexibility index (Phi) is 5.84. The van der Waals surface area contributed by atoms with Crippen molar-refractivity contribution in [2.45, 2.75) is 44.4 Å². The monoisotopic (exact) mass is 432 g/mol. The van der Waals surface area contributed by atoms with Crippen LogP contribution in [0.25, 0.3) is 0 Å². The van der Waals surface area contributed by atoms with Crippen LogP contribution in [0.4, 0.5) is 11.4 Å². The summed E-state index contributed by atoms with van der Waals surface area (Å²) in [5, 5.41) is 6.82. The Bertz CT molecular complexity index is 1010. The summed E-state index contributed by atoms with van der Waals surface area (Å²) in [6.07, 6.45) is 3.60. The quantitative estimate of drug-likeness (QED) is 0.780. The van der Waals surface area contributed by atoms with Crippen LogP contribution in [0.5, 0.6) is 0 Å². The number of para-hydroxylation sites is 2. The lowest BCUT2D eigenvalue weighted by Gasteiger charge is -2.31. The predicted molar refractivity (Wildman–Crippen MR) is 114 cm³/mol. The molecule has 2 aliphatic heterocycles. The molecular formula is C21H28N4O4S. The Morgan fingerprint density at radius 1 is 1.13 bits per heavy atom. The molecule has 1 N–H and O–H groups in total. The molecule has 0 aliphatic carbocycles. The van der Waals surface area contributed by atoms with Gasteiger partial charge in [0.25, 0.3) is 0 Å². The first-order valence-electron chi connectivity index (χ1n) is 10.5. The maximum absolute atomic E-state index is 13.1. The van der Waals surface area contributed by atoms with Crippen LogP contribution in [0.3, 0.4) is 0 Å². The maximum Gasteiger partial charge on any atom is 0.248 e. The van der Waals surface area contributed by atoms with E-state index in [2.05, 4.69) is 15.4 Å². The molecule has 162 valence electrons. The van der Waals surface area contributed by atoms with Gasteiger partial charge >= 0.3 is 0 Å². The highest BCUT2D eigenvalue weighted by atomic mass is 32.2. The van der Waals surface area contributed by atoms with Gasteiger partial charge in [-0.15, -0.1) is 0 Å². The van der Waals surface area contributed by atoms with E-state index >= 15 is 0 Å². The number of aryl methyl sites for hydroxylation is 2. The molecule has 0 spiro atoms. The Balaban J connectivity index is 1.50. The number of amides is 1. The van der Waals surface area contributed by atoms with Gasteiger partial charge in [0.1, 0.15) is 10.6 Å². The summed E-state index contributed by atoms with van der Waals surface area (Å²) in [7, 11) is -3.75. The van der Waals surface area contributed by atoms with Crippen LogP contribution in [0.2, 0.25) is 0 Å². The van der Waals surface area contributed by atoms with E-state index in [4.69, 9.17) is 4.52 Å². The number of anilines is 2. The van der Waals surface area contributed by atoms with Gasteiger partial charge in [-0.3, -0.25) is 4.79 Å². The van der Waals surface area contributed by atoms with Gasteiger partial charge < -0.3 is 14.7 Å². The fraction of sp³-hybridized carbons (Fsp3) is 0.524. The van der Waals surface area contributed by atoms with E-state index in [0.29, 0.717) is 25.1 Å². The first-order valence-corrected chi connectivity index (χ1v) is 11.9. The zero-order valence-corrected chi connectivity index (χ0v) is 18.2. The van der Waals surface area contributed by atoms with Crippen LogP contribution in [0.1, 0.15) is 37.1 Å². The number of sulfonamides is 1. The van der Waals surface area contributed by atoms with Crippen molar-refractivity contribution < 1.29 is 17.7 Å². The van der Waals surface area contributed by atoms with Gasteiger partial charge in [-0.25, -0.2) is 8.42 Å². The van der Waals surface area contributed by atoms with Crippen molar-refractivity contribution in [3.8, 4) is 0 Å². The summed E-state index contributed by atoms with van der Waals surface area (Å²) in [5.74, 6) is -0.264. The smallest absolute Gasteiger partial charge is 0.248 e. The molecule has 2 aromatic rings. The Hall–Kier alpha value is -2.39. The molecule has 3 heterocycles. The highest BCUT2D eigenvalue weighted by Crippen LogP contribution is 2.31. The highest BCUT2D eigenvalue weighted by Gasteiger charge is 2.36. The highest BCUT2D eigenvalue weighted by molar-refractivity contribution is 7.89. The van der Waals surface area contributed by atoms with E-state index in [0.717, 1.165) is 37.3 Å². The van der Waals surface area contributed by atoms with Crippen molar-refractivity contribution >= 4 is 27.3 Å². The van der Waals surface area contributed by atoms with E-state index in [9.17, 15) is 13.2 Å². The van der Waals surface area contributed by atoms with Gasteiger partial charge in [-0.2, -0.15) is 4.31 Å². The largest absolute Gasteiger partial charge is 0.370 e. The van der Waals surface area contributed by atoms with Crippen LogP contribution in [-0.2, 0) is 14.8 Å². The average Bonchev–Trinajstić information content (AvgIpc) is 3.38. The predicted octanol–water partition coefficient (Wildman–Crippen LogP) is 2.93. The first kappa shape index (κ1) is 20.9. The molecule has 1 atom stereocenters. The third kappa shape index (κ3) is 3.96. The molecule has 2 saturated heterocycles. The topological polar surface area (TPSA) is 95.8 Å². The lowest BCUT2D eigenvalue weighted by Crippen LogP contribution is -2.44. The van der Waals surface area contributed by atoms with Crippen LogP contribution in [0.15, 0.2) is 33.7 Å². The summed E-state index contributed by atoms with van der Waals surface area (Å²) in [6, 6.07) is 7.81. The molecule has 1 amide bonds. The molecule has 9 heteroatoms. The minimum absolute atomic E-state index is 0.114. The summed E-state index contributed by atoms with van der Waals surface area (Å²) < 4.78 is 32.7. The summed E-state index contributed by atoms with van der Waals surface area (Å²) >= 11 is 0. The van der Waals surface area contributed by atoms with Crippen molar-refractivity contribution in [3.05, 3.63) is 35.7 Å². The molecule has 2 aliphatic rings. The molecule has 0 bridgehead atoms. The van der Waals surface area contributed by atoms with Crippen LogP contribution in [0, 0.1) is 19.8 Å². The van der Waals surface area contributed by atoms with Gasteiger partial charge in [0.05, 0.1) is 17.3 Å². The second-order valence-corrected chi connectivity index (χ2v) is 9.93. The molecule has 2 fully saturated rings. The Morgan fingerprint density at radius 2 is 1.87 bits per heavy atom. The van der Waals surface area contributed by atoms with E-state index in [1.165, 1.54) is 4.31 Å². The Morgan fingerprint density at radius 3 is 2.57 bits per heavy atom. The minimum atomic E-state index is -3.75. The van der Waals surface area contributed by atoms with Crippen molar-refractivity contribution in [2.75, 3.05) is 36.4 Å². The lowest BCUT2D eigenvalue weighted by molar-refractivity contribution is -0.120. The number of nitrogens with one attached hydrogen (secondary N) is 1.